The zero-order valence-corrected chi connectivity index (χ0v) is 18.9. The summed E-state index contributed by atoms with van der Waals surface area (Å²) in [6, 6.07) is 19.4. The zero-order chi connectivity index (χ0) is 22.5. The molecule has 2 aliphatic heterocycles. The molecule has 0 amide bonds. The van der Waals surface area contributed by atoms with Gasteiger partial charge in [0.1, 0.15) is 0 Å². The molecular weight excluding hydrogens is 408 g/mol. The van der Waals surface area contributed by atoms with Gasteiger partial charge in [0, 0.05) is 48.5 Å². The van der Waals surface area contributed by atoms with Crippen LogP contribution >= 0.6 is 0 Å². The molecule has 4 aromatic rings. The molecule has 0 aliphatic carbocycles. The van der Waals surface area contributed by atoms with Gasteiger partial charge in [-0.1, -0.05) is 12.1 Å². The summed E-state index contributed by atoms with van der Waals surface area (Å²) in [5, 5.41) is 12.9. The molecule has 33 heavy (non-hydrogen) atoms. The van der Waals surface area contributed by atoms with Gasteiger partial charge in [-0.15, -0.1) is 0 Å². The Balaban J connectivity index is 1.42. The molecule has 4 heterocycles. The minimum absolute atomic E-state index is 0.495. The molecule has 0 bridgehead atoms. The number of rotatable bonds is 3. The number of hydrogen-bond donors (Lipinski definition) is 1. The van der Waals surface area contributed by atoms with Crippen LogP contribution in [0.15, 0.2) is 60.9 Å². The topological polar surface area (TPSA) is 61.8 Å². The van der Waals surface area contributed by atoms with Crippen LogP contribution in [-0.4, -0.2) is 45.2 Å². The highest BCUT2D eigenvalue weighted by atomic mass is 15.2. The molecule has 1 fully saturated rings. The van der Waals surface area contributed by atoms with Crippen molar-refractivity contribution in [3.05, 3.63) is 77.7 Å². The van der Waals surface area contributed by atoms with E-state index in [2.05, 4.69) is 69.9 Å². The van der Waals surface area contributed by atoms with E-state index in [0.29, 0.717) is 11.6 Å². The highest BCUT2D eigenvalue weighted by Crippen LogP contribution is 2.36. The first kappa shape index (κ1) is 19.8. The summed E-state index contributed by atoms with van der Waals surface area (Å²) in [5.41, 5.74) is 8.78. The second-order valence-electron chi connectivity index (χ2n) is 9.23. The predicted octanol–water partition coefficient (Wildman–Crippen LogP) is 4.67. The van der Waals surface area contributed by atoms with E-state index in [4.69, 9.17) is 10.2 Å². The lowest BCUT2D eigenvalue weighted by Gasteiger charge is -2.17. The third kappa shape index (κ3) is 3.42. The first-order valence-electron chi connectivity index (χ1n) is 11.4. The number of anilines is 1. The predicted molar refractivity (Wildman–Crippen MR) is 131 cm³/mol. The number of hydrogen-bond acceptors (Lipinski definition) is 4. The van der Waals surface area contributed by atoms with Gasteiger partial charge in [0.15, 0.2) is 5.82 Å². The molecule has 6 nitrogen and oxygen atoms in total. The number of likely N-dealkylation sites (tertiary alicyclic amines) is 1. The summed E-state index contributed by atoms with van der Waals surface area (Å²) in [6.45, 7) is 5.12. The van der Waals surface area contributed by atoms with Crippen molar-refractivity contribution in [1.29, 1.82) is 5.26 Å². The molecule has 0 radical (unpaired) electrons. The fourth-order valence-electron chi connectivity index (χ4n) is 5.14. The van der Waals surface area contributed by atoms with Crippen molar-refractivity contribution in [3.63, 3.8) is 0 Å². The van der Waals surface area contributed by atoms with Crippen molar-refractivity contribution >= 4 is 5.69 Å². The van der Waals surface area contributed by atoms with E-state index in [1.54, 1.807) is 0 Å². The van der Waals surface area contributed by atoms with Crippen LogP contribution < -0.4 is 5.32 Å². The zero-order valence-electron chi connectivity index (χ0n) is 18.9. The van der Waals surface area contributed by atoms with E-state index < -0.39 is 0 Å². The summed E-state index contributed by atoms with van der Waals surface area (Å²) in [4.78, 5) is 7.16. The molecule has 0 spiro atoms. The van der Waals surface area contributed by atoms with E-state index in [-0.39, 0.29) is 0 Å². The Morgan fingerprint density at radius 1 is 1.09 bits per heavy atom. The van der Waals surface area contributed by atoms with Crippen molar-refractivity contribution in [2.24, 2.45) is 0 Å². The number of aryl methyl sites for hydroxylation is 1. The number of nitrogens with one attached hydrogen (secondary N) is 1. The van der Waals surface area contributed by atoms with Gasteiger partial charge in [0.05, 0.1) is 23.0 Å². The summed E-state index contributed by atoms with van der Waals surface area (Å²) in [5.74, 6) is 0.962. The maximum Gasteiger partial charge on any atom is 0.161 e. The molecule has 2 aromatic heterocycles. The van der Waals surface area contributed by atoms with E-state index in [1.807, 2.05) is 30.5 Å². The van der Waals surface area contributed by atoms with Gasteiger partial charge in [-0.2, -0.15) is 5.26 Å². The molecule has 6 heteroatoms. The minimum Gasteiger partial charge on any atom is -0.381 e. The Morgan fingerprint density at radius 2 is 1.94 bits per heavy atom. The molecule has 1 atom stereocenters. The lowest BCUT2D eigenvalue weighted by Crippen LogP contribution is -2.23. The maximum absolute atomic E-state index is 9.12. The van der Waals surface area contributed by atoms with Crippen LogP contribution in [-0.2, 0) is 6.54 Å². The van der Waals surface area contributed by atoms with Crippen molar-refractivity contribution in [2.75, 3.05) is 25.5 Å². The Kier molecular flexibility index (Phi) is 4.60. The summed E-state index contributed by atoms with van der Waals surface area (Å²) in [6.07, 6.45) is 5.32. The molecule has 164 valence electrons. The number of nitriles is 1. The summed E-state index contributed by atoms with van der Waals surface area (Å²) < 4.78 is 4.56. The van der Waals surface area contributed by atoms with E-state index in [0.717, 1.165) is 48.0 Å². The highest BCUT2D eigenvalue weighted by Gasteiger charge is 2.24. The number of fused-ring (bicyclic) bond motifs is 5. The number of imidazole rings is 1. The molecule has 2 aromatic carbocycles. The molecule has 6 rings (SSSR count). The normalized spacial score (nSPS) is 17.1. The van der Waals surface area contributed by atoms with Gasteiger partial charge in [0.25, 0.3) is 0 Å². The van der Waals surface area contributed by atoms with Crippen LogP contribution in [0.3, 0.4) is 0 Å². The van der Waals surface area contributed by atoms with Crippen LogP contribution in [0.25, 0.3) is 28.3 Å². The quantitative estimate of drug-likeness (QED) is 0.448. The molecular formula is C27H26N6. The van der Waals surface area contributed by atoms with Crippen LogP contribution in [0.1, 0.15) is 23.2 Å². The number of aromatic nitrogens is 3. The lowest BCUT2D eigenvalue weighted by atomic mass is 10.1. The monoisotopic (exact) mass is 434 g/mol. The van der Waals surface area contributed by atoms with Crippen LogP contribution in [0, 0.1) is 18.3 Å². The molecule has 1 unspecified atom stereocenters. The number of likely N-dealkylation sites (N-methyl/N-ethyl adjacent to an activating group) is 1. The Labute approximate surface area is 193 Å². The average molecular weight is 435 g/mol. The van der Waals surface area contributed by atoms with E-state index >= 15 is 0 Å². The fraction of sp³-hybridized carbons (Fsp3) is 0.259. The lowest BCUT2D eigenvalue weighted by molar-refractivity contribution is 0.414. The Bertz CT molecular complexity index is 1390. The first-order valence-corrected chi connectivity index (χ1v) is 11.4. The minimum atomic E-state index is 0.495. The largest absolute Gasteiger partial charge is 0.381 e. The number of nitrogens with zero attached hydrogens (tertiary/aromatic N) is 5. The third-order valence-electron chi connectivity index (χ3n) is 6.83. The van der Waals surface area contributed by atoms with Crippen LogP contribution in [0.4, 0.5) is 5.69 Å². The van der Waals surface area contributed by atoms with Gasteiger partial charge >= 0.3 is 0 Å². The van der Waals surface area contributed by atoms with Gasteiger partial charge < -0.3 is 14.8 Å². The van der Waals surface area contributed by atoms with Gasteiger partial charge in [-0.25, -0.2) is 4.98 Å². The van der Waals surface area contributed by atoms with E-state index in [9.17, 15) is 0 Å². The van der Waals surface area contributed by atoms with Crippen molar-refractivity contribution < 1.29 is 0 Å². The van der Waals surface area contributed by atoms with E-state index in [1.165, 1.54) is 23.4 Å². The van der Waals surface area contributed by atoms with Crippen molar-refractivity contribution in [3.8, 4) is 34.4 Å². The maximum atomic E-state index is 9.12. The first-order chi connectivity index (χ1) is 16.1. The second kappa shape index (κ2) is 7.65. The highest BCUT2D eigenvalue weighted by molar-refractivity contribution is 5.72. The van der Waals surface area contributed by atoms with Crippen LogP contribution in [0.2, 0.25) is 0 Å². The molecule has 1 N–H and O–H groups in total. The van der Waals surface area contributed by atoms with Crippen molar-refractivity contribution in [2.45, 2.75) is 25.9 Å². The smallest absolute Gasteiger partial charge is 0.161 e. The SMILES string of the molecule is Cc1cnc2n1-c1ccc(NC3CCN(C)C3)cc1Cn1cc(-c3ccc(C#N)cc3)cc1-2. The standard InChI is InChI=1S/C27H26N6/c1-18-14-29-27-26-12-21(20-5-3-19(13-28)4-6-20)15-32(26)16-22-11-23(7-8-25(22)33(18)27)30-24-9-10-31(2)17-24/h3-8,11-12,14-15,24,30H,9-10,16-17H2,1-2H3. The van der Waals surface area contributed by atoms with Gasteiger partial charge in [0.2, 0.25) is 0 Å². The summed E-state index contributed by atoms with van der Waals surface area (Å²) in [7, 11) is 2.18. The second-order valence-corrected chi connectivity index (χ2v) is 9.23. The average Bonchev–Trinajstić information content (AvgIpc) is 3.51. The third-order valence-corrected chi connectivity index (χ3v) is 6.83. The van der Waals surface area contributed by atoms with Gasteiger partial charge in [-0.3, -0.25) is 4.57 Å². The Hall–Kier alpha value is -3.82. The van der Waals surface area contributed by atoms with Gasteiger partial charge in [-0.05, 0) is 74.5 Å². The number of benzene rings is 2. The van der Waals surface area contributed by atoms with Crippen molar-refractivity contribution in [1.82, 2.24) is 19.0 Å². The fourth-order valence-corrected chi connectivity index (χ4v) is 5.14. The summed E-state index contributed by atoms with van der Waals surface area (Å²) >= 11 is 0. The molecule has 1 saturated heterocycles. The van der Waals surface area contributed by atoms with Crippen LogP contribution in [0.5, 0.6) is 0 Å². The Morgan fingerprint density at radius 3 is 2.70 bits per heavy atom. The molecule has 2 aliphatic rings. The molecule has 0 saturated carbocycles.